The lowest BCUT2D eigenvalue weighted by molar-refractivity contribution is -0.146. The van der Waals surface area contributed by atoms with Gasteiger partial charge in [0.25, 0.3) is 0 Å². The quantitative estimate of drug-likeness (QED) is 0.0561. The Kier molecular flexibility index (Phi) is 17.6. The second kappa shape index (κ2) is 20.4. The second-order valence-electron chi connectivity index (χ2n) is 9.96. The van der Waals surface area contributed by atoms with Crippen LogP contribution in [0, 0.1) is 0 Å². The fourth-order valence-corrected chi connectivity index (χ4v) is 9.40. The summed E-state index contributed by atoms with van der Waals surface area (Å²) in [6.07, 6.45) is 16.2. The van der Waals surface area contributed by atoms with Crippen molar-refractivity contribution >= 4 is 23.2 Å². The van der Waals surface area contributed by atoms with Crippen LogP contribution >= 0.6 is 7.26 Å². The van der Waals surface area contributed by atoms with Crippen molar-refractivity contribution in [3.05, 3.63) is 103 Å². The van der Waals surface area contributed by atoms with Crippen LogP contribution in [0.3, 0.4) is 0 Å². The highest BCUT2D eigenvalue weighted by atomic mass is 127. The van der Waals surface area contributed by atoms with E-state index in [1.54, 1.807) is 0 Å². The third kappa shape index (κ3) is 11.1. The first-order valence-electron chi connectivity index (χ1n) is 14.7. The molecular formula is C35H48IO2P. The number of ether oxygens (including phenoxy) is 2. The Bertz CT molecular complexity index is 906. The Labute approximate surface area is 256 Å². The van der Waals surface area contributed by atoms with Gasteiger partial charge in [-0.05, 0) is 87.8 Å². The van der Waals surface area contributed by atoms with Crippen LogP contribution in [0.15, 0.2) is 103 Å². The number of rotatable bonds is 19. The zero-order chi connectivity index (χ0) is 26.7. The third-order valence-electron chi connectivity index (χ3n) is 6.95. The molecule has 3 aromatic rings. The summed E-state index contributed by atoms with van der Waals surface area (Å²) < 4.78 is 11.7. The van der Waals surface area contributed by atoms with Crippen molar-refractivity contribution in [2.45, 2.75) is 77.9 Å². The predicted octanol–water partition coefficient (Wildman–Crippen LogP) is 5.45. The Hall–Kier alpha value is -1.52. The maximum absolute atomic E-state index is 5.86. The average Bonchev–Trinajstić information content (AvgIpc) is 2.98. The van der Waals surface area contributed by atoms with Gasteiger partial charge in [-0.15, -0.1) is 0 Å². The van der Waals surface area contributed by atoms with Crippen LogP contribution in [0.2, 0.25) is 0 Å². The molecule has 0 saturated carbocycles. The fraction of sp³-hybridized carbons (Fsp3) is 0.429. The topological polar surface area (TPSA) is 18.5 Å². The number of halogens is 1. The van der Waals surface area contributed by atoms with Crippen LogP contribution in [-0.4, -0.2) is 25.7 Å². The summed E-state index contributed by atoms with van der Waals surface area (Å²) in [4.78, 5) is 0. The van der Waals surface area contributed by atoms with Crippen LogP contribution < -0.4 is 39.9 Å². The first kappa shape index (κ1) is 33.7. The van der Waals surface area contributed by atoms with Gasteiger partial charge >= 0.3 is 0 Å². The minimum absolute atomic E-state index is 0. The van der Waals surface area contributed by atoms with E-state index >= 15 is 0 Å². The van der Waals surface area contributed by atoms with Crippen LogP contribution in [0.25, 0.3) is 0 Å². The van der Waals surface area contributed by atoms with Crippen molar-refractivity contribution in [3.8, 4) is 0 Å². The maximum atomic E-state index is 5.86. The molecular weight excluding hydrogens is 610 g/mol. The van der Waals surface area contributed by atoms with E-state index in [2.05, 4.69) is 117 Å². The van der Waals surface area contributed by atoms with E-state index in [9.17, 15) is 0 Å². The van der Waals surface area contributed by atoms with Crippen molar-refractivity contribution < 1.29 is 33.5 Å². The van der Waals surface area contributed by atoms with E-state index in [1.807, 2.05) is 0 Å². The molecule has 0 heterocycles. The molecule has 2 nitrogen and oxygen atoms in total. The van der Waals surface area contributed by atoms with E-state index in [1.165, 1.54) is 47.8 Å². The number of benzene rings is 3. The summed E-state index contributed by atoms with van der Waals surface area (Å²) in [5.41, 5.74) is 0. The number of unbranched alkanes of at least 4 members (excludes halogenated alkanes) is 4. The minimum Gasteiger partial charge on any atom is -1.00 e. The molecule has 0 atom stereocenters. The highest BCUT2D eigenvalue weighted by Crippen LogP contribution is 2.55. The highest BCUT2D eigenvalue weighted by molar-refractivity contribution is 7.95. The lowest BCUT2D eigenvalue weighted by atomic mass is 10.1. The van der Waals surface area contributed by atoms with E-state index < -0.39 is 7.26 Å². The van der Waals surface area contributed by atoms with Gasteiger partial charge < -0.3 is 33.5 Å². The lowest BCUT2D eigenvalue weighted by Gasteiger charge is -2.27. The fourth-order valence-electron chi connectivity index (χ4n) is 5.03. The van der Waals surface area contributed by atoms with Crippen molar-refractivity contribution in [1.82, 2.24) is 0 Å². The summed E-state index contributed by atoms with van der Waals surface area (Å²) in [5, 5.41) is 4.43. The van der Waals surface area contributed by atoms with E-state index in [-0.39, 0.29) is 30.3 Å². The predicted molar refractivity (Wildman–Crippen MR) is 168 cm³/mol. The van der Waals surface area contributed by atoms with Crippen molar-refractivity contribution in [1.29, 1.82) is 0 Å². The molecule has 4 heteroatoms. The Morgan fingerprint density at radius 2 is 1.03 bits per heavy atom. The van der Waals surface area contributed by atoms with Gasteiger partial charge in [-0.1, -0.05) is 87.0 Å². The summed E-state index contributed by atoms with van der Waals surface area (Å²) in [5.74, 6) is 0. The van der Waals surface area contributed by atoms with Gasteiger partial charge in [0, 0.05) is 13.2 Å². The molecule has 0 bridgehead atoms. The molecule has 0 fully saturated rings. The summed E-state index contributed by atoms with van der Waals surface area (Å²) in [7, 11) is -1.71. The maximum Gasteiger partial charge on any atom is 0.157 e. The van der Waals surface area contributed by atoms with Crippen LogP contribution in [-0.2, 0) is 9.47 Å². The third-order valence-corrected chi connectivity index (χ3v) is 11.5. The van der Waals surface area contributed by atoms with Crippen LogP contribution in [0.4, 0.5) is 0 Å². The Morgan fingerprint density at radius 1 is 0.590 bits per heavy atom. The summed E-state index contributed by atoms with van der Waals surface area (Å²) >= 11 is 0. The smallest absolute Gasteiger partial charge is 0.157 e. The number of allylic oxidation sites excluding steroid dienone is 2. The Balaban J connectivity index is 0.00000533. The van der Waals surface area contributed by atoms with Gasteiger partial charge in [0.2, 0.25) is 0 Å². The van der Waals surface area contributed by atoms with Gasteiger partial charge in [0.15, 0.2) is 6.29 Å². The molecule has 0 aliphatic heterocycles. The molecule has 212 valence electrons. The first-order valence-corrected chi connectivity index (χ1v) is 16.7. The molecule has 0 saturated heterocycles. The second-order valence-corrected chi connectivity index (χ2v) is 13.6. The first-order chi connectivity index (χ1) is 18.8. The zero-order valence-electron chi connectivity index (χ0n) is 24.0. The number of hydrogen-bond acceptors (Lipinski definition) is 2. The number of hydrogen-bond donors (Lipinski definition) is 0. The molecule has 39 heavy (non-hydrogen) atoms. The van der Waals surface area contributed by atoms with Crippen molar-refractivity contribution in [3.63, 3.8) is 0 Å². The molecule has 3 aromatic carbocycles. The van der Waals surface area contributed by atoms with Crippen LogP contribution in [0.1, 0.15) is 71.6 Å². The largest absolute Gasteiger partial charge is 1.00 e. The van der Waals surface area contributed by atoms with Crippen LogP contribution in [0.5, 0.6) is 0 Å². The van der Waals surface area contributed by atoms with E-state index in [0.29, 0.717) is 0 Å². The van der Waals surface area contributed by atoms with Crippen molar-refractivity contribution in [2.75, 3.05) is 19.4 Å². The molecule has 3 rings (SSSR count). The average molecular weight is 659 g/mol. The van der Waals surface area contributed by atoms with E-state index in [0.717, 1.165) is 45.3 Å². The molecule has 0 unspecified atom stereocenters. The normalized spacial score (nSPS) is 11.7. The van der Waals surface area contributed by atoms with Gasteiger partial charge in [0.05, 0.1) is 6.16 Å². The summed E-state index contributed by atoms with van der Waals surface area (Å²) in [6, 6.07) is 33.6. The molecule has 0 radical (unpaired) electrons. The molecule has 0 amide bonds. The Morgan fingerprint density at radius 3 is 1.46 bits per heavy atom. The van der Waals surface area contributed by atoms with E-state index in [4.69, 9.17) is 9.47 Å². The van der Waals surface area contributed by atoms with Gasteiger partial charge in [-0.3, -0.25) is 0 Å². The SMILES string of the molecule is CCCOC(CCCCC/C=C/CCC[P+](c1ccccc1)(c1ccccc1)c1ccccc1)OCCC.[I-]. The molecule has 0 aliphatic rings. The van der Waals surface area contributed by atoms with Gasteiger partial charge in [-0.2, -0.15) is 0 Å². The van der Waals surface area contributed by atoms with Gasteiger partial charge in [-0.25, -0.2) is 0 Å². The summed E-state index contributed by atoms with van der Waals surface area (Å²) in [6.45, 7) is 5.88. The minimum atomic E-state index is -1.71. The highest BCUT2D eigenvalue weighted by Gasteiger charge is 2.44. The lowest BCUT2D eigenvalue weighted by Crippen LogP contribution is -3.00. The molecule has 0 aromatic heterocycles. The monoisotopic (exact) mass is 658 g/mol. The van der Waals surface area contributed by atoms with Gasteiger partial charge in [0.1, 0.15) is 23.2 Å². The molecule has 0 aliphatic carbocycles. The van der Waals surface area contributed by atoms with Crippen molar-refractivity contribution in [2.24, 2.45) is 0 Å². The molecule has 0 N–H and O–H groups in total. The molecule has 0 spiro atoms. The standard InChI is InChI=1S/C35H48O2P.HI/c1-3-29-36-35(37-30-4-2)28-20-9-7-5-6-8-10-21-31-38(32-22-14-11-15-23-32,33-24-16-12-17-25-33)34-26-18-13-19-27-34;/h6,8,11-19,22-27,35H,3-5,7,9-10,20-21,28-31H2,1-2H3;1H/q+1;/p-1/b8-6+;. The zero-order valence-corrected chi connectivity index (χ0v) is 27.1.